The molecule has 17 heteroatoms. The van der Waals surface area contributed by atoms with Gasteiger partial charge in [-0.3, -0.25) is 0 Å². The topological polar surface area (TPSA) is 300 Å². The van der Waals surface area contributed by atoms with E-state index in [2.05, 4.69) is 251 Å². The van der Waals surface area contributed by atoms with Gasteiger partial charge in [0.05, 0.1) is 0 Å². The molecule has 22 N–H and O–H groups in total. The summed E-state index contributed by atoms with van der Waals surface area (Å²) in [6.07, 6.45) is 60.1. The van der Waals surface area contributed by atoms with Crippen LogP contribution in [-0.2, 0) is 0 Å². The Balaban J connectivity index is -0.0000000461. The van der Waals surface area contributed by atoms with Crippen LogP contribution in [0, 0.1) is 0 Å². The van der Waals surface area contributed by atoms with Gasteiger partial charge in [0.25, 0.3) is 0 Å². The predicted molar refractivity (Wildman–Crippen MR) is 554 cm³/mol. The van der Waals surface area contributed by atoms with Crippen molar-refractivity contribution in [2.75, 3.05) is 196 Å². The van der Waals surface area contributed by atoms with Gasteiger partial charge in [0.2, 0.25) is 0 Å². The largest absolute Gasteiger partial charge is 0.331 e. The van der Waals surface area contributed by atoms with Gasteiger partial charge in [-0.2, -0.15) is 0 Å². The molecule has 0 aromatic rings. The van der Waals surface area contributed by atoms with Gasteiger partial charge in [-0.05, 0) is 286 Å². The van der Waals surface area contributed by atoms with Crippen LogP contribution in [-0.4, -0.2) is 220 Å². The molecule has 0 aliphatic carbocycles. The van der Waals surface area contributed by atoms with Crippen LogP contribution in [0.15, 0.2) is 0 Å². The van der Waals surface area contributed by atoms with Crippen molar-refractivity contribution in [2.45, 2.75) is 455 Å². The molecular formula is C98H253N17. The Morgan fingerprint density at radius 1 is 0.157 bits per heavy atom. The van der Waals surface area contributed by atoms with E-state index in [1.807, 2.05) is 27.9 Å². The average molecular weight is 1670 g/mol. The molecule has 0 aliphatic rings. The van der Waals surface area contributed by atoms with E-state index in [1.165, 1.54) is 315 Å². The van der Waals surface area contributed by atoms with Gasteiger partial charge in [0.15, 0.2) is 0 Å². The molecule has 115 heavy (non-hydrogen) atoms. The molecule has 0 bridgehead atoms. The van der Waals surface area contributed by atoms with Gasteiger partial charge in [0, 0.05) is 0 Å². The van der Waals surface area contributed by atoms with Gasteiger partial charge in [-0.15, -0.1) is 0 Å². The minimum Gasteiger partial charge on any atom is -0.331 e. The van der Waals surface area contributed by atoms with E-state index in [0.29, 0.717) is 0 Å². The molecule has 0 radical (unpaired) electrons. The molecule has 0 fully saturated rings. The maximum atomic E-state index is 5.27. The van der Waals surface area contributed by atoms with Crippen molar-refractivity contribution < 1.29 is 0 Å². The fourth-order valence-electron chi connectivity index (χ4n) is 6.95. The van der Waals surface area contributed by atoms with E-state index in [4.69, 9.17) is 57.3 Å². The quantitative estimate of drug-likeness (QED) is 0.0252. The first kappa shape index (κ1) is 165. The van der Waals surface area contributed by atoms with Gasteiger partial charge < -0.3 is 92.5 Å². The highest BCUT2D eigenvalue weighted by atomic mass is 15.1. The molecule has 730 valence electrons. The molecule has 0 rings (SSSR count). The summed E-state index contributed by atoms with van der Waals surface area (Å²) in [5.41, 5.74) is 51.0. The molecule has 0 spiro atoms. The minimum absolute atomic E-state index is 0.750. The third kappa shape index (κ3) is 476. The highest BCUT2D eigenvalue weighted by molar-refractivity contribution is 4.47. The number of rotatable bonds is 50. The zero-order valence-corrected chi connectivity index (χ0v) is 88.6. The van der Waals surface area contributed by atoms with E-state index in [-0.39, 0.29) is 0 Å². The summed E-state index contributed by atoms with van der Waals surface area (Å²) in [6.45, 7) is 66.3. The Morgan fingerprint density at radius 3 is 0.461 bits per heavy atom. The molecule has 0 aromatic carbocycles. The summed E-state index contributed by atoms with van der Waals surface area (Å²) in [5, 5.41) is 6.12. The fourth-order valence-corrected chi connectivity index (χ4v) is 6.95. The zero-order valence-electron chi connectivity index (χ0n) is 88.6. The number of hydrogen-bond acceptors (Lipinski definition) is 17. The predicted octanol–water partition coefficient (Wildman–Crippen LogP) is 24.0. The summed E-state index contributed by atoms with van der Waals surface area (Å²) < 4.78 is 0. The van der Waals surface area contributed by atoms with E-state index in [1.54, 1.807) is 0 Å². The summed E-state index contributed by atoms with van der Waals surface area (Å²) in [4.78, 5) is 11.0. The molecule has 0 atom stereocenters. The summed E-state index contributed by atoms with van der Waals surface area (Å²) >= 11 is 0. The summed E-state index contributed by atoms with van der Waals surface area (Å²) in [5.74, 6) is 0. The Kier molecular flexibility index (Phi) is 326. The van der Waals surface area contributed by atoms with Crippen molar-refractivity contribution in [3.63, 3.8) is 0 Å². The van der Waals surface area contributed by atoms with Crippen molar-refractivity contribution in [1.82, 2.24) is 35.1 Å². The van der Waals surface area contributed by atoms with Gasteiger partial charge >= 0.3 is 0 Å². The van der Waals surface area contributed by atoms with Crippen LogP contribution in [0.4, 0.5) is 0 Å². The van der Waals surface area contributed by atoms with Crippen molar-refractivity contribution in [2.24, 2.45) is 57.3 Å². The standard InChI is InChI=1S/C8H19N.C8H18.C7H17N.4C6H15N.C6H14.3C5H13N.4C4H11N.C4H10.2C3H9N.2C2H7N/c1-4-5-6-7-8-9(2)3;1-3-5-7-8-6-4-2;1-4-5-6-7-8(2)3;1-4-5-6-7(2)3;1-3-4-5-6-7-2;2*1-2-3-4-5-6-7;1-3-5-6-4-2;1-4-5-6(2)3;2*1-2-3-4-5-6;1-4-5(2)3;1-3-4-5-2;2*1-2-3-4-5;1-3-4-2;2*1-2-3-4;2*1-2-3/h4-8H2,1-3H3;3-8H2,1-2H3;4-7H2,1-3H3;4-6H2,1-3H3;7H,3-6H2,1-2H3;2*2-7H2,1H3;3-6H2,1-2H3;4-5H2,1-3H3;2*2-6H2,1H3;4H2,1-3H3;5H,3-4H2,1-2H3;2*2-5H2,1H3;3-4H2,1-2H3;2*2-4H2,1H3;2*2-3H2,1H3. The smallest absolute Gasteiger partial charge is 0.00248 e. The lowest BCUT2D eigenvalue weighted by atomic mass is 10.1. The van der Waals surface area contributed by atoms with Crippen LogP contribution in [0.3, 0.4) is 0 Å². The lowest BCUT2D eigenvalue weighted by Crippen LogP contribution is -2.12. The highest BCUT2D eigenvalue weighted by Gasteiger charge is 1.90. The molecule has 0 saturated heterocycles. The van der Waals surface area contributed by atoms with Gasteiger partial charge in [0.1, 0.15) is 0 Å². The Bertz CT molecular complexity index is 960. The van der Waals surface area contributed by atoms with E-state index < -0.39 is 0 Å². The summed E-state index contributed by atoms with van der Waals surface area (Å²) in [6, 6.07) is 0. The first-order valence-corrected chi connectivity index (χ1v) is 49.6. The molecule has 0 saturated carbocycles. The fraction of sp³-hybridized carbons (Fsp3) is 1.00. The SMILES string of the molecule is CCCC.CCCCCC.CCCCCCCC.CCCCCCN.CCCCCCN.CCCCCCN(C)C.CCCCCN.CCCCCN.CCCCCN(C)C.CCCCCNC.CCCCN.CCCCN.CCCCN(C)C.CCCN.CCCN.CCCN(C)C.CCCNC.CCN.CCN.CCN(C)C. The second kappa shape index (κ2) is 227. The molecule has 0 aromatic heterocycles. The number of hydrogen-bond donors (Lipinski definition) is 12. The molecule has 0 aliphatic heterocycles. The third-order valence-electron chi connectivity index (χ3n) is 14.8. The van der Waals surface area contributed by atoms with Crippen molar-refractivity contribution in [3.05, 3.63) is 0 Å². The van der Waals surface area contributed by atoms with Crippen LogP contribution in [0.2, 0.25) is 0 Å². The van der Waals surface area contributed by atoms with Crippen molar-refractivity contribution in [3.8, 4) is 0 Å². The first-order valence-electron chi connectivity index (χ1n) is 49.6. The molecule has 0 amide bonds. The molecular weight excluding hydrogens is 1420 g/mol. The maximum absolute atomic E-state index is 5.27. The van der Waals surface area contributed by atoms with E-state index in [0.717, 1.165) is 91.4 Å². The lowest BCUT2D eigenvalue weighted by molar-refractivity contribution is 0.391. The lowest BCUT2D eigenvalue weighted by Gasteiger charge is -2.07. The number of unbranched alkanes of at least 4 members (excludes halogenated alkanes) is 29. The summed E-state index contributed by atoms with van der Waals surface area (Å²) in [7, 11) is 25.0. The second-order valence-electron chi connectivity index (χ2n) is 30.1. The van der Waals surface area contributed by atoms with Crippen LogP contribution in [0.25, 0.3) is 0 Å². The van der Waals surface area contributed by atoms with E-state index >= 15 is 0 Å². The van der Waals surface area contributed by atoms with Crippen molar-refractivity contribution in [1.29, 1.82) is 0 Å². The monoisotopic (exact) mass is 1670 g/mol. The molecule has 17 nitrogen and oxygen atoms in total. The van der Waals surface area contributed by atoms with Crippen LogP contribution in [0.1, 0.15) is 455 Å². The van der Waals surface area contributed by atoms with E-state index in [9.17, 15) is 0 Å². The third-order valence-corrected chi connectivity index (χ3v) is 14.8. The average Bonchev–Trinajstić information content (AvgIpc) is 1.34. The van der Waals surface area contributed by atoms with Crippen LogP contribution < -0.4 is 68.0 Å². The number of nitrogens with zero attached hydrogens (tertiary/aromatic N) is 5. The maximum Gasteiger partial charge on any atom is -0.00248 e. The molecule has 0 heterocycles. The van der Waals surface area contributed by atoms with Gasteiger partial charge in [-0.1, -0.05) is 365 Å². The van der Waals surface area contributed by atoms with Crippen LogP contribution >= 0.6 is 0 Å². The Morgan fingerprint density at radius 2 is 0.330 bits per heavy atom. The first-order chi connectivity index (χ1) is 55.1. The normalized spacial score (nSPS) is 9.13. The number of nitrogens with one attached hydrogen (secondary N) is 2. The zero-order chi connectivity index (χ0) is 93.8. The minimum atomic E-state index is 0.750. The van der Waals surface area contributed by atoms with Gasteiger partial charge in [-0.25, -0.2) is 0 Å². The highest BCUT2D eigenvalue weighted by Crippen LogP contribution is 2.04. The van der Waals surface area contributed by atoms with Crippen LogP contribution in [0.5, 0.6) is 0 Å². The molecule has 0 unspecified atom stereocenters. The number of nitrogens with two attached hydrogens (primary N) is 10. The van der Waals surface area contributed by atoms with Crippen molar-refractivity contribution >= 4 is 0 Å². The Hall–Kier alpha value is -0.680. The Labute approximate surface area is 739 Å². The second-order valence-corrected chi connectivity index (χ2v) is 30.1.